The average molecular weight is 130 g/mol. The molecular formula is C7H14O2. The summed E-state index contributed by atoms with van der Waals surface area (Å²) in [5.41, 5.74) is 0. The maximum absolute atomic E-state index is 9.18. The molecule has 0 radical (unpaired) electrons. The molecule has 9 heavy (non-hydrogen) atoms. The Bertz CT molecular complexity index is 91.1. The maximum Gasteiger partial charge on any atom is 0.0594 e. The average Bonchev–Trinajstić information content (AvgIpc) is 1.98. The Balaban J connectivity index is 2.54. The minimum atomic E-state index is -0.282. The summed E-state index contributed by atoms with van der Waals surface area (Å²) < 4.78 is 0. The van der Waals surface area contributed by atoms with E-state index in [2.05, 4.69) is 0 Å². The van der Waals surface area contributed by atoms with Gasteiger partial charge in [-0.15, -0.1) is 0 Å². The van der Waals surface area contributed by atoms with E-state index in [0.29, 0.717) is 6.42 Å². The molecule has 0 aromatic heterocycles. The van der Waals surface area contributed by atoms with Crippen LogP contribution in [0.2, 0.25) is 0 Å². The molecule has 1 aliphatic carbocycles. The van der Waals surface area contributed by atoms with Crippen molar-refractivity contribution in [3.8, 4) is 0 Å². The molecule has 54 valence electrons. The quantitative estimate of drug-likeness (QED) is 0.498. The third kappa shape index (κ3) is 1.10. The molecular weight excluding hydrogens is 116 g/mol. The van der Waals surface area contributed by atoms with Crippen molar-refractivity contribution in [2.75, 3.05) is 0 Å². The lowest BCUT2D eigenvalue weighted by Crippen LogP contribution is -2.15. The van der Waals surface area contributed by atoms with Crippen molar-refractivity contribution >= 4 is 0 Å². The first-order valence-corrected chi connectivity index (χ1v) is 3.49. The molecule has 0 aromatic rings. The van der Waals surface area contributed by atoms with E-state index in [9.17, 15) is 10.2 Å². The zero-order chi connectivity index (χ0) is 7.02. The van der Waals surface area contributed by atoms with Crippen LogP contribution in [-0.4, -0.2) is 22.4 Å². The third-order valence-electron chi connectivity index (χ3n) is 2.53. The molecule has 0 bridgehead atoms. The lowest BCUT2D eigenvalue weighted by molar-refractivity contribution is 0.123. The van der Waals surface area contributed by atoms with Crippen molar-refractivity contribution in [1.82, 2.24) is 0 Å². The fourth-order valence-corrected chi connectivity index (χ4v) is 1.38. The van der Waals surface area contributed by atoms with E-state index in [1.165, 1.54) is 0 Å². The molecule has 4 atom stereocenters. The Hall–Kier alpha value is -0.0800. The highest BCUT2D eigenvalue weighted by molar-refractivity contribution is 4.85. The summed E-state index contributed by atoms with van der Waals surface area (Å²) in [4.78, 5) is 0. The molecule has 1 fully saturated rings. The van der Waals surface area contributed by atoms with Crippen molar-refractivity contribution in [3.63, 3.8) is 0 Å². The Kier molecular flexibility index (Phi) is 1.78. The molecule has 0 amide bonds. The Morgan fingerprint density at radius 3 is 1.44 bits per heavy atom. The Morgan fingerprint density at radius 1 is 1.00 bits per heavy atom. The van der Waals surface area contributed by atoms with Crippen molar-refractivity contribution in [2.45, 2.75) is 32.5 Å². The van der Waals surface area contributed by atoms with Crippen LogP contribution in [-0.2, 0) is 0 Å². The van der Waals surface area contributed by atoms with Gasteiger partial charge < -0.3 is 10.2 Å². The largest absolute Gasteiger partial charge is 0.393 e. The number of aliphatic hydroxyl groups excluding tert-OH is 2. The van der Waals surface area contributed by atoms with Crippen molar-refractivity contribution in [3.05, 3.63) is 0 Å². The Morgan fingerprint density at radius 2 is 1.33 bits per heavy atom. The molecule has 0 saturated heterocycles. The summed E-state index contributed by atoms with van der Waals surface area (Å²) >= 11 is 0. The van der Waals surface area contributed by atoms with E-state index in [0.717, 1.165) is 0 Å². The second-order valence-corrected chi connectivity index (χ2v) is 3.09. The van der Waals surface area contributed by atoms with Gasteiger partial charge in [-0.05, 0) is 18.3 Å². The van der Waals surface area contributed by atoms with Gasteiger partial charge in [-0.1, -0.05) is 13.8 Å². The predicted molar refractivity (Wildman–Crippen MR) is 35.0 cm³/mol. The van der Waals surface area contributed by atoms with Crippen LogP contribution in [0.4, 0.5) is 0 Å². The highest BCUT2D eigenvalue weighted by Gasteiger charge is 2.35. The first-order chi connectivity index (χ1) is 4.13. The summed E-state index contributed by atoms with van der Waals surface area (Å²) in [6.07, 6.45) is -0.00694. The molecule has 1 rings (SSSR count). The second-order valence-electron chi connectivity index (χ2n) is 3.09. The van der Waals surface area contributed by atoms with Crippen molar-refractivity contribution in [2.24, 2.45) is 11.8 Å². The molecule has 0 spiro atoms. The SMILES string of the molecule is C[C@H]1[C@@H](O)CC(O)[C@@H]1C. The van der Waals surface area contributed by atoms with Gasteiger partial charge in [-0.25, -0.2) is 0 Å². The summed E-state index contributed by atoms with van der Waals surface area (Å²) in [5.74, 6) is 0.528. The van der Waals surface area contributed by atoms with Crippen LogP contribution in [0.5, 0.6) is 0 Å². The Labute approximate surface area is 55.5 Å². The zero-order valence-corrected chi connectivity index (χ0v) is 5.91. The fourth-order valence-electron chi connectivity index (χ4n) is 1.38. The third-order valence-corrected chi connectivity index (χ3v) is 2.53. The number of hydrogen-bond donors (Lipinski definition) is 2. The van der Waals surface area contributed by atoms with Gasteiger partial charge in [0.05, 0.1) is 12.2 Å². The van der Waals surface area contributed by atoms with E-state index in [1.54, 1.807) is 0 Å². The van der Waals surface area contributed by atoms with E-state index in [-0.39, 0.29) is 24.0 Å². The molecule has 1 unspecified atom stereocenters. The number of hydrogen-bond acceptors (Lipinski definition) is 2. The molecule has 2 N–H and O–H groups in total. The van der Waals surface area contributed by atoms with Gasteiger partial charge in [0.2, 0.25) is 0 Å². The number of aliphatic hydroxyl groups is 2. The van der Waals surface area contributed by atoms with Gasteiger partial charge in [0, 0.05) is 0 Å². The molecule has 0 aromatic carbocycles. The smallest absolute Gasteiger partial charge is 0.0594 e. The first-order valence-electron chi connectivity index (χ1n) is 3.49. The topological polar surface area (TPSA) is 40.5 Å². The van der Waals surface area contributed by atoms with Gasteiger partial charge in [-0.2, -0.15) is 0 Å². The van der Waals surface area contributed by atoms with Gasteiger partial charge in [0.1, 0.15) is 0 Å². The maximum atomic E-state index is 9.18. The normalized spacial score (nSPS) is 52.0. The van der Waals surface area contributed by atoms with Crippen molar-refractivity contribution < 1.29 is 10.2 Å². The predicted octanol–water partition coefficient (Wildman–Crippen LogP) is 0.384. The molecule has 2 nitrogen and oxygen atoms in total. The van der Waals surface area contributed by atoms with E-state index >= 15 is 0 Å². The molecule has 1 aliphatic rings. The number of rotatable bonds is 0. The van der Waals surface area contributed by atoms with Crippen LogP contribution in [0, 0.1) is 11.8 Å². The fraction of sp³-hybridized carbons (Fsp3) is 1.00. The first kappa shape index (κ1) is 7.03. The highest BCUT2D eigenvalue weighted by atomic mass is 16.3. The lowest BCUT2D eigenvalue weighted by atomic mass is 9.98. The van der Waals surface area contributed by atoms with Gasteiger partial charge in [-0.3, -0.25) is 0 Å². The highest BCUT2D eigenvalue weighted by Crippen LogP contribution is 2.31. The van der Waals surface area contributed by atoms with Crippen LogP contribution in [0.15, 0.2) is 0 Å². The lowest BCUT2D eigenvalue weighted by Gasteiger charge is -2.12. The van der Waals surface area contributed by atoms with Crippen LogP contribution < -0.4 is 0 Å². The van der Waals surface area contributed by atoms with Crippen LogP contribution in [0.25, 0.3) is 0 Å². The molecule has 2 heteroatoms. The molecule has 0 aliphatic heterocycles. The summed E-state index contributed by atoms with van der Waals surface area (Å²) in [7, 11) is 0. The van der Waals surface area contributed by atoms with Crippen molar-refractivity contribution in [1.29, 1.82) is 0 Å². The summed E-state index contributed by atoms with van der Waals surface area (Å²) in [6, 6.07) is 0. The van der Waals surface area contributed by atoms with E-state index < -0.39 is 0 Å². The molecule has 0 heterocycles. The monoisotopic (exact) mass is 130 g/mol. The van der Waals surface area contributed by atoms with E-state index in [1.807, 2.05) is 13.8 Å². The van der Waals surface area contributed by atoms with Crippen LogP contribution >= 0.6 is 0 Å². The van der Waals surface area contributed by atoms with Crippen LogP contribution in [0.3, 0.4) is 0 Å². The van der Waals surface area contributed by atoms with Crippen LogP contribution in [0.1, 0.15) is 20.3 Å². The van der Waals surface area contributed by atoms with Gasteiger partial charge >= 0.3 is 0 Å². The standard InChI is InChI=1S/C7H14O2/c1-4-5(2)7(9)3-6(4)8/h4-9H,3H2,1-2H3/t4-,5-,6+,7?/m1/s1. The summed E-state index contributed by atoms with van der Waals surface area (Å²) in [6.45, 7) is 3.96. The minimum Gasteiger partial charge on any atom is -0.393 e. The summed E-state index contributed by atoms with van der Waals surface area (Å²) in [5, 5.41) is 18.4. The second kappa shape index (κ2) is 2.27. The zero-order valence-electron chi connectivity index (χ0n) is 5.91. The minimum absolute atomic E-state index is 0.264. The van der Waals surface area contributed by atoms with Gasteiger partial charge in [0.25, 0.3) is 0 Å². The van der Waals surface area contributed by atoms with Gasteiger partial charge in [0.15, 0.2) is 0 Å². The van der Waals surface area contributed by atoms with E-state index in [4.69, 9.17) is 0 Å². The molecule has 1 saturated carbocycles.